The number of aryl methyl sites for hydroxylation is 2. The number of rotatable bonds is 4. The number of likely N-dealkylation sites (tertiary alicyclic amines) is 1. The third-order valence-corrected chi connectivity index (χ3v) is 5.29. The van der Waals surface area contributed by atoms with Crippen molar-refractivity contribution in [1.82, 2.24) is 24.3 Å². The van der Waals surface area contributed by atoms with E-state index in [2.05, 4.69) is 26.8 Å². The number of carbonyl (C=O) groups is 1. The highest BCUT2D eigenvalue weighted by Gasteiger charge is 2.32. The fourth-order valence-corrected chi connectivity index (χ4v) is 3.75. The predicted molar refractivity (Wildman–Crippen MR) is 93.8 cm³/mol. The summed E-state index contributed by atoms with van der Waals surface area (Å²) >= 11 is 0. The summed E-state index contributed by atoms with van der Waals surface area (Å²) in [6, 6.07) is 4.15. The molecule has 1 aliphatic rings. The standard InChI is InChI=1S/C18H27N5O/c1-13-7-8-15(23(13)4)18(24)20-10-14-6-5-9-21(2)17(14)16-11-19-12-22(16)3/h7-8,11-12,14,17H,5-6,9-10H2,1-4H3,(H,20,24)/t14-,17+/m0/s1. The van der Waals surface area contributed by atoms with Crippen LogP contribution in [0.2, 0.25) is 0 Å². The van der Waals surface area contributed by atoms with Crippen LogP contribution < -0.4 is 5.32 Å². The van der Waals surface area contributed by atoms with Crippen LogP contribution in [0, 0.1) is 12.8 Å². The van der Waals surface area contributed by atoms with E-state index in [1.165, 1.54) is 5.69 Å². The van der Waals surface area contributed by atoms with Gasteiger partial charge in [0.15, 0.2) is 0 Å². The number of hydrogen-bond acceptors (Lipinski definition) is 3. The molecule has 6 nitrogen and oxygen atoms in total. The minimum Gasteiger partial charge on any atom is -0.350 e. The molecule has 0 aliphatic carbocycles. The lowest BCUT2D eigenvalue weighted by atomic mass is 9.87. The summed E-state index contributed by atoms with van der Waals surface area (Å²) < 4.78 is 4.02. The number of carbonyl (C=O) groups excluding carboxylic acids is 1. The Bertz CT molecular complexity index is 717. The van der Waals surface area contributed by atoms with Gasteiger partial charge in [-0.05, 0) is 51.4 Å². The van der Waals surface area contributed by atoms with Gasteiger partial charge in [-0.25, -0.2) is 4.98 Å². The van der Waals surface area contributed by atoms with E-state index in [1.54, 1.807) is 0 Å². The lowest BCUT2D eigenvalue weighted by Crippen LogP contribution is -2.42. The molecule has 1 aliphatic heterocycles. The van der Waals surface area contributed by atoms with Crippen LogP contribution in [0.15, 0.2) is 24.7 Å². The summed E-state index contributed by atoms with van der Waals surface area (Å²) in [5, 5.41) is 3.14. The Kier molecular flexibility index (Phi) is 4.76. The summed E-state index contributed by atoms with van der Waals surface area (Å²) in [5.41, 5.74) is 3.02. The van der Waals surface area contributed by atoms with Crippen LogP contribution in [0.3, 0.4) is 0 Å². The molecule has 1 N–H and O–H groups in total. The summed E-state index contributed by atoms with van der Waals surface area (Å²) in [6.45, 7) is 3.77. The molecule has 3 heterocycles. The molecule has 2 aromatic heterocycles. The maximum absolute atomic E-state index is 12.5. The van der Waals surface area contributed by atoms with Crippen molar-refractivity contribution in [2.45, 2.75) is 25.8 Å². The first-order valence-corrected chi connectivity index (χ1v) is 8.56. The minimum absolute atomic E-state index is 0.00239. The smallest absolute Gasteiger partial charge is 0.267 e. The van der Waals surface area contributed by atoms with Crippen LogP contribution in [-0.4, -0.2) is 45.1 Å². The molecule has 0 radical (unpaired) electrons. The molecule has 130 valence electrons. The lowest BCUT2D eigenvalue weighted by molar-refractivity contribution is 0.0874. The van der Waals surface area contributed by atoms with Crippen molar-refractivity contribution in [2.75, 3.05) is 20.1 Å². The number of amides is 1. The highest BCUT2D eigenvalue weighted by atomic mass is 16.1. The highest BCUT2D eigenvalue weighted by molar-refractivity contribution is 5.92. The molecule has 2 aromatic rings. The molecular weight excluding hydrogens is 302 g/mol. The van der Waals surface area contributed by atoms with Gasteiger partial charge in [0.25, 0.3) is 5.91 Å². The van der Waals surface area contributed by atoms with Gasteiger partial charge < -0.3 is 14.5 Å². The van der Waals surface area contributed by atoms with Gasteiger partial charge >= 0.3 is 0 Å². The number of piperidine rings is 1. The fourth-order valence-electron chi connectivity index (χ4n) is 3.75. The van der Waals surface area contributed by atoms with Crippen molar-refractivity contribution < 1.29 is 4.79 Å². The molecule has 1 amide bonds. The lowest BCUT2D eigenvalue weighted by Gasteiger charge is -2.39. The van der Waals surface area contributed by atoms with E-state index >= 15 is 0 Å². The van der Waals surface area contributed by atoms with Crippen LogP contribution in [0.4, 0.5) is 0 Å². The number of hydrogen-bond donors (Lipinski definition) is 1. The van der Waals surface area contributed by atoms with Crippen molar-refractivity contribution in [1.29, 1.82) is 0 Å². The van der Waals surface area contributed by atoms with Gasteiger partial charge in [-0.1, -0.05) is 0 Å². The Balaban J connectivity index is 1.71. The zero-order valence-corrected chi connectivity index (χ0v) is 15.0. The quantitative estimate of drug-likeness (QED) is 0.932. The molecule has 6 heteroatoms. The predicted octanol–water partition coefficient (Wildman–Crippen LogP) is 1.88. The number of nitrogens with zero attached hydrogens (tertiary/aromatic N) is 4. The van der Waals surface area contributed by atoms with E-state index in [1.807, 2.05) is 50.2 Å². The maximum atomic E-state index is 12.5. The largest absolute Gasteiger partial charge is 0.350 e. The average molecular weight is 329 g/mol. The molecule has 0 spiro atoms. The van der Waals surface area contributed by atoms with Crippen LogP contribution in [-0.2, 0) is 14.1 Å². The van der Waals surface area contributed by atoms with Crippen molar-refractivity contribution >= 4 is 5.91 Å². The molecule has 0 bridgehead atoms. The van der Waals surface area contributed by atoms with Crippen LogP contribution in [0.5, 0.6) is 0 Å². The van der Waals surface area contributed by atoms with E-state index in [4.69, 9.17) is 0 Å². The zero-order valence-electron chi connectivity index (χ0n) is 15.0. The molecule has 1 fully saturated rings. The fraction of sp³-hybridized carbons (Fsp3) is 0.556. The average Bonchev–Trinajstić information content (AvgIpc) is 3.12. The Hall–Kier alpha value is -2.08. The van der Waals surface area contributed by atoms with Gasteiger partial charge in [-0.3, -0.25) is 9.69 Å². The van der Waals surface area contributed by atoms with Crippen LogP contribution in [0.1, 0.15) is 40.8 Å². The second-order valence-electron chi connectivity index (χ2n) is 6.89. The number of nitrogens with one attached hydrogen (secondary N) is 1. The van der Waals surface area contributed by atoms with E-state index in [-0.39, 0.29) is 5.91 Å². The maximum Gasteiger partial charge on any atom is 0.267 e. The Morgan fingerprint density at radius 3 is 2.75 bits per heavy atom. The molecule has 0 unspecified atom stereocenters. The molecule has 1 saturated heterocycles. The first-order valence-electron chi connectivity index (χ1n) is 8.56. The van der Waals surface area contributed by atoms with Gasteiger partial charge in [-0.15, -0.1) is 0 Å². The van der Waals surface area contributed by atoms with E-state index in [0.29, 0.717) is 24.2 Å². The summed E-state index contributed by atoms with van der Waals surface area (Å²) in [6.07, 6.45) is 6.07. The minimum atomic E-state index is 0.00239. The van der Waals surface area contributed by atoms with E-state index in [9.17, 15) is 4.79 Å². The van der Waals surface area contributed by atoms with Gasteiger partial charge in [0.05, 0.1) is 18.1 Å². The molecule has 3 rings (SSSR count). The second-order valence-corrected chi connectivity index (χ2v) is 6.89. The molecule has 0 aromatic carbocycles. The van der Waals surface area contributed by atoms with Gasteiger partial charge in [0.2, 0.25) is 0 Å². The van der Waals surface area contributed by atoms with Crippen LogP contribution >= 0.6 is 0 Å². The highest BCUT2D eigenvalue weighted by Crippen LogP contribution is 2.34. The SMILES string of the molecule is Cc1ccc(C(=O)NC[C@@H]2CCCN(C)[C@H]2c2cncn2C)n1C. The van der Waals surface area contributed by atoms with Gasteiger partial charge in [0, 0.05) is 32.5 Å². The topological polar surface area (TPSA) is 55.1 Å². The third kappa shape index (κ3) is 3.11. The molecule has 2 atom stereocenters. The van der Waals surface area contributed by atoms with Crippen molar-refractivity contribution in [2.24, 2.45) is 20.0 Å². The van der Waals surface area contributed by atoms with Crippen LogP contribution in [0.25, 0.3) is 0 Å². The van der Waals surface area contributed by atoms with Crippen molar-refractivity contribution in [3.63, 3.8) is 0 Å². The number of aromatic nitrogens is 3. The van der Waals surface area contributed by atoms with Gasteiger partial charge in [-0.2, -0.15) is 0 Å². The summed E-state index contributed by atoms with van der Waals surface area (Å²) in [7, 11) is 6.12. The normalized spacial score (nSPS) is 21.8. The second kappa shape index (κ2) is 6.81. The number of imidazole rings is 1. The summed E-state index contributed by atoms with van der Waals surface area (Å²) in [4.78, 5) is 19.1. The summed E-state index contributed by atoms with van der Waals surface area (Å²) in [5.74, 6) is 0.395. The molecular formula is C18H27N5O. The van der Waals surface area contributed by atoms with Crippen molar-refractivity contribution in [3.05, 3.63) is 41.7 Å². The first-order chi connectivity index (χ1) is 11.5. The monoisotopic (exact) mass is 329 g/mol. The Labute approximate surface area is 143 Å². The third-order valence-electron chi connectivity index (χ3n) is 5.29. The van der Waals surface area contributed by atoms with Crippen molar-refractivity contribution in [3.8, 4) is 0 Å². The molecule has 0 saturated carbocycles. The van der Waals surface area contributed by atoms with Gasteiger partial charge in [0.1, 0.15) is 5.69 Å². The molecule has 24 heavy (non-hydrogen) atoms. The van der Waals surface area contributed by atoms with E-state index < -0.39 is 0 Å². The first kappa shape index (κ1) is 16.8. The Morgan fingerprint density at radius 1 is 1.33 bits per heavy atom. The zero-order chi connectivity index (χ0) is 17.3. The Morgan fingerprint density at radius 2 is 2.12 bits per heavy atom. The van der Waals surface area contributed by atoms with E-state index in [0.717, 1.165) is 25.1 Å².